The van der Waals surface area contributed by atoms with Crippen molar-refractivity contribution in [2.45, 2.75) is 49.9 Å². The number of rotatable bonds is 10. The lowest BCUT2D eigenvalue weighted by molar-refractivity contribution is -0.132. The fourth-order valence-electron chi connectivity index (χ4n) is 7.95. The number of aromatic nitrogens is 8. The molecule has 0 atom stereocenters. The zero-order valence-electron chi connectivity index (χ0n) is 36.5. The molecule has 4 aromatic heterocycles. The number of nitrogens with zero attached hydrogens (tertiary/aromatic N) is 10. The summed E-state index contributed by atoms with van der Waals surface area (Å²) in [5, 5.41) is 16.0. The Balaban J connectivity index is 0.000000151. The van der Waals surface area contributed by atoms with Gasteiger partial charge < -0.3 is 41.0 Å². The molecule has 6 heterocycles. The van der Waals surface area contributed by atoms with Gasteiger partial charge in [0.05, 0.1) is 56.9 Å². The van der Waals surface area contributed by atoms with E-state index in [0.717, 1.165) is 43.5 Å². The molecular formula is C46H45Cl2IN14O4. The van der Waals surface area contributed by atoms with Crippen molar-refractivity contribution in [2.75, 3.05) is 50.9 Å². The lowest BCUT2D eigenvalue weighted by Gasteiger charge is -2.39. The molecule has 4 fully saturated rings. The third-order valence-corrected chi connectivity index (χ3v) is 13.6. The van der Waals surface area contributed by atoms with E-state index in [9.17, 15) is 19.2 Å². The second-order valence-corrected chi connectivity index (χ2v) is 18.2. The van der Waals surface area contributed by atoms with Crippen LogP contribution in [0.1, 0.15) is 87.5 Å². The van der Waals surface area contributed by atoms with E-state index in [1.165, 1.54) is 25.0 Å². The van der Waals surface area contributed by atoms with Gasteiger partial charge in [-0.3, -0.25) is 19.2 Å². The van der Waals surface area contributed by atoms with E-state index in [-0.39, 0.29) is 46.4 Å². The number of nitrogens with two attached hydrogens (primary N) is 2. The molecule has 18 nitrogen and oxygen atoms in total. The van der Waals surface area contributed by atoms with Gasteiger partial charge in [-0.15, -0.1) is 6.42 Å². The highest BCUT2D eigenvalue weighted by Crippen LogP contribution is 2.39. The molecule has 4 amide bonds. The van der Waals surface area contributed by atoms with Gasteiger partial charge in [0.2, 0.25) is 11.8 Å². The smallest absolute Gasteiger partial charge is 0.255 e. The Kier molecular flexibility index (Phi) is 13.4. The number of carbonyl (C=O) groups excluding carboxylic acids is 4. The van der Waals surface area contributed by atoms with Gasteiger partial charge in [-0.2, -0.15) is 10.2 Å². The van der Waals surface area contributed by atoms with Gasteiger partial charge >= 0.3 is 0 Å². The summed E-state index contributed by atoms with van der Waals surface area (Å²) < 4.78 is 8.72. The highest BCUT2D eigenvalue weighted by molar-refractivity contribution is 14.1. The fourth-order valence-corrected chi connectivity index (χ4v) is 8.76. The van der Waals surface area contributed by atoms with E-state index in [1.54, 1.807) is 33.3 Å². The van der Waals surface area contributed by atoms with Crippen LogP contribution in [0.25, 0.3) is 22.1 Å². The number of hydrogen-bond acceptors (Lipinski definition) is 10. The van der Waals surface area contributed by atoms with Crippen molar-refractivity contribution in [3.8, 4) is 24.2 Å². The molecule has 0 unspecified atom stereocenters. The number of fused-ring (bicyclic) bond motifs is 2. The van der Waals surface area contributed by atoms with Crippen LogP contribution in [0.3, 0.4) is 0 Å². The maximum atomic E-state index is 12.2. The number of imidazole rings is 2. The molecule has 2 saturated carbocycles. The zero-order valence-corrected chi connectivity index (χ0v) is 40.1. The van der Waals surface area contributed by atoms with Crippen LogP contribution in [0.5, 0.6) is 0 Å². The first-order valence-corrected chi connectivity index (χ1v) is 23.0. The molecule has 67 heavy (non-hydrogen) atoms. The minimum Gasteiger partial charge on any atom is -0.373 e. The van der Waals surface area contributed by atoms with Crippen LogP contribution in [-0.4, -0.2) is 112 Å². The van der Waals surface area contributed by atoms with E-state index in [1.807, 2.05) is 36.9 Å². The third-order valence-electron chi connectivity index (χ3n) is 11.8. The van der Waals surface area contributed by atoms with Gasteiger partial charge in [0.1, 0.15) is 28.5 Å². The molecule has 0 spiro atoms. The van der Waals surface area contributed by atoms with E-state index < -0.39 is 11.8 Å². The molecule has 2 aliphatic heterocycles. The second kappa shape index (κ2) is 19.2. The number of carbonyl (C=O) groups is 4. The van der Waals surface area contributed by atoms with Crippen LogP contribution < -0.4 is 22.1 Å². The first-order chi connectivity index (χ1) is 32.2. The second-order valence-electron chi connectivity index (χ2n) is 16.2. The summed E-state index contributed by atoms with van der Waals surface area (Å²) in [5.41, 5.74) is 16.4. The Labute approximate surface area is 408 Å². The summed E-state index contributed by atoms with van der Waals surface area (Å²) in [4.78, 5) is 59.0. The third kappa shape index (κ3) is 9.31. The van der Waals surface area contributed by atoms with Crippen molar-refractivity contribution >= 4 is 103 Å². The van der Waals surface area contributed by atoms with Crippen LogP contribution in [0, 0.1) is 27.8 Å². The minimum absolute atomic E-state index is 0.0402. The molecule has 2 saturated heterocycles. The molecule has 10 rings (SSSR count). The van der Waals surface area contributed by atoms with Crippen molar-refractivity contribution in [3.63, 3.8) is 0 Å². The van der Waals surface area contributed by atoms with Crippen molar-refractivity contribution in [2.24, 2.45) is 11.5 Å². The molecule has 6 aromatic rings. The summed E-state index contributed by atoms with van der Waals surface area (Å²) in [6.07, 6.45) is 16.5. The average molecular weight is 1060 g/mol. The normalized spacial score (nSPS) is 15.4. The summed E-state index contributed by atoms with van der Waals surface area (Å²) in [6.45, 7) is 8.84. The van der Waals surface area contributed by atoms with Crippen LogP contribution in [-0.2, 0) is 9.59 Å². The largest absolute Gasteiger partial charge is 0.373 e. The zero-order chi connectivity index (χ0) is 47.8. The van der Waals surface area contributed by atoms with E-state index in [0.29, 0.717) is 60.5 Å². The maximum absolute atomic E-state index is 12.2. The monoisotopic (exact) mass is 1050 g/mol. The number of nitrogens with one attached hydrogen (secondary N) is 2. The molecule has 6 N–H and O–H groups in total. The Morgan fingerprint density at radius 2 is 1.16 bits per heavy atom. The number of terminal acetylenes is 1. The number of hydrogen-bond donors (Lipinski definition) is 4. The minimum atomic E-state index is -0.641. The lowest BCUT2D eigenvalue weighted by atomic mass is 10.1. The van der Waals surface area contributed by atoms with E-state index >= 15 is 0 Å². The van der Waals surface area contributed by atoms with Crippen molar-refractivity contribution < 1.29 is 19.2 Å². The van der Waals surface area contributed by atoms with Crippen LogP contribution in [0.2, 0.25) is 10.0 Å². The van der Waals surface area contributed by atoms with Gasteiger partial charge in [-0.1, -0.05) is 42.3 Å². The summed E-state index contributed by atoms with van der Waals surface area (Å²) in [7, 11) is 3.34. The highest BCUT2D eigenvalue weighted by atomic mass is 127. The van der Waals surface area contributed by atoms with Crippen molar-refractivity contribution in [3.05, 3.63) is 104 Å². The molecular weight excluding hydrogens is 1010 g/mol. The van der Waals surface area contributed by atoms with Crippen molar-refractivity contribution in [1.82, 2.24) is 48.5 Å². The topological polar surface area (TPSA) is 222 Å². The van der Waals surface area contributed by atoms with Gasteiger partial charge in [0.15, 0.2) is 5.69 Å². The molecule has 2 aliphatic carbocycles. The van der Waals surface area contributed by atoms with E-state index in [2.05, 4.69) is 93.4 Å². The van der Waals surface area contributed by atoms with E-state index in [4.69, 9.17) is 41.1 Å². The lowest BCUT2D eigenvalue weighted by Crippen LogP contribution is -2.50. The van der Waals surface area contributed by atoms with Gasteiger partial charge in [0.25, 0.3) is 11.8 Å². The first kappa shape index (κ1) is 46.7. The number of halogens is 3. The maximum Gasteiger partial charge on any atom is 0.255 e. The number of primary amides is 2. The molecule has 4 aliphatic rings. The van der Waals surface area contributed by atoms with Crippen molar-refractivity contribution in [1.29, 1.82) is 0 Å². The fraction of sp³-hybridized carbons (Fsp3) is 0.304. The molecule has 344 valence electrons. The molecule has 21 heteroatoms. The number of anilines is 2. The predicted molar refractivity (Wildman–Crippen MR) is 265 cm³/mol. The molecule has 0 radical (unpaired) electrons. The summed E-state index contributed by atoms with van der Waals surface area (Å²) in [5.74, 6) is 7.73. The number of amides is 4. The average Bonchev–Trinajstić information content (AvgIpc) is 4.16. The quantitative estimate of drug-likeness (QED) is 0.0763. The first-order valence-electron chi connectivity index (χ1n) is 21.2. The van der Waals surface area contributed by atoms with Crippen LogP contribution in [0.4, 0.5) is 11.6 Å². The Hall–Kier alpha value is -6.81. The number of benzene rings is 2. The van der Waals surface area contributed by atoms with Gasteiger partial charge in [-0.25, -0.2) is 19.3 Å². The van der Waals surface area contributed by atoms with Gasteiger partial charge in [0, 0.05) is 61.5 Å². The number of likely N-dealkylation sites (tertiary alicyclic amines) is 2. The highest BCUT2D eigenvalue weighted by Gasteiger charge is 2.36. The van der Waals surface area contributed by atoms with Crippen LogP contribution >= 0.6 is 45.8 Å². The Bertz CT molecular complexity index is 3110. The molecule has 2 aromatic carbocycles. The Morgan fingerprint density at radius 1 is 0.716 bits per heavy atom. The molecule has 0 bridgehead atoms. The van der Waals surface area contributed by atoms with Gasteiger partial charge in [-0.05, 0) is 96.5 Å². The summed E-state index contributed by atoms with van der Waals surface area (Å²) in [6, 6.07) is 8.79. The predicted octanol–water partition coefficient (Wildman–Crippen LogP) is 5.53. The Morgan fingerprint density at radius 3 is 1.60 bits per heavy atom. The standard InChI is InChI=1S/C23H22ClN7O2.C13H15N5O2.C10H8ClIN2/c1-3-20(32)29-10-15(11-29)31-23(26-2)21(22(25)33)17(28-31)7-4-13-8-18-19(9-16(13)24)30(12-27-18)14-5-6-14;1-4-9-11(12(14)20)13(15-3)18(16-9)8-6-17(7-8)10(19)5-2;11-7-3-10-9(4-8(7)12)13-5-14(10)6-1-2-6/h3,8-9,12,14-15,26H,1,5-6,10-11H2,2H3,(H2,25,33);1,5,8,15H,2,6-7H2,3H3,(H2,14,20);3-6H,1-2H2. The SMILES string of the molecule is C#Cc1nn(C2CN(C(=O)C=C)C2)c(NC)c1C(N)=O.C=CC(=O)N1CC(n2nc(C#Cc3cc4ncn(C5CC5)c4cc3Cl)c(C(N)=O)c2NC)C1.Clc1cc2c(cc1I)ncn2C1CC1. The van der Waals surface area contributed by atoms with Crippen LogP contribution in [0.15, 0.2) is 62.2 Å². The summed E-state index contributed by atoms with van der Waals surface area (Å²) >= 11 is 14.8.